The first-order valence-corrected chi connectivity index (χ1v) is 13.7. The third-order valence-electron chi connectivity index (χ3n) is 7.25. The van der Waals surface area contributed by atoms with Gasteiger partial charge in [-0.1, -0.05) is 154 Å². The van der Waals surface area contributed by atoms with Gasteiger partial charge in [0, 0.05) is 22.3 Å². The summed E-state index contributed by atoms with van der Waals surface area (Å²) >= 11 is 0. The first kappa shape index (κ1) is 27.8. The van der Waals surface area contributed by atoms with Crippen LogP contribution in [0.5, 0.6) is 0 Å². The number of esters is 1. The Morgan fingerprint density at radius 3 is 1.44 bits per heavy atom. The molecule has 4 aromatic carbocycles. The Morgan fingerprint density at radius 1 is 0.615 bits per heavy atom. The van der Waals surface area contributed by atoms with Gasteiger partial charge in [-0.3, -0.25) is 4.79 Å². The summed E-state index contributed by atoms with van der Waals surface area (Å²) in [5, 5.41) is 0. The maximum Gasteiger partial charge on any atom is 0.361 e. The molecule has 0 aliphatic heterocycles. The fourth-order valence-electron chi connectivity index (χ4n) is 5.25. The molecule has 0 aromatic heterocycles. The van der Waals surface area contributed by atoms with Gasteiger partial charge in [0.1, 0.15) is 0 Å². The lowest BCUT2D eigenvalue weighted by atomic mass is 9.80. The highest BCUT2D eigenvalue weighted by Gasteiger charge is 2.50. The normalized spacial score (nSPS) is 11.5. The molecule has 39 heavy (non-hydrogen) atoms. The second-order valence-electron chi connectivity index (χ2n) is 9.74. The van der Waals surface area contributed by atoms with Crippen molar-refractivity contribution in [1.29, 1.82) is 0 Å². The smallest absolute Gasteiger partial charge is 0.361 e. The Hall–Kier alpha value is -4.18. The molecular formula is C35H36O4. The van der Waals surface area contributed by atoms with E-state index in [4.69, 9.17) is 9.47 Å². The number of unbranched alkanes of at least 4 members (excludes halogenated alkanes) is 4. The van der Waals surface area contributed by atoms with Crippen molar-refractivity contribution in [2.24, 2.45) is 0 Å². The topological polar surface area (TPSA) is 52.6 Å². The van der Waals surface area contributed by atoms with Crippen molar-refractivity contribution in [3.8, 4) is 0 Å². The van der Waals surface area contributed by atoms with E-state index in [1.54, 1.807) is 24.3 Å². The second-order valence-corrected chi connectivity index (χ2v) is 9.74. The highest BCUT2D eigenvalue weighted by atomic mass is 16.6. The highest BCUT2D eigenvalue weighted by Crippen LogP contribution is 2.43. The van der Waals surface area contributed by atoms with Crippen LogP contribution < -0.4 is 0 Å². The van der Waals surface area contributed by atoms with Crippen LogP contribution in [-0.2, 0) is 30.3 Å². The molecule has 0 fully saturated rings. The summed E-state index contributed by atoms with van der Waals surface area (Å²) in [6.45, 7) is 2.53. The number of hydrogen-bond donors (Lipinski definition) is 0. The number of ether oxygens (including phenoxy) is 2. The molecule has 200 valence electrons. The van der Waals surface area contributed by atoms with E-state index in [0.717, 1.165) is 36.8 Å². The zero-order valence-corrected chi connectivity index (χ0v) is 22.5. The molecule has 4 rings (SSSR count). The van der Waals surface area contributed by atoms with E-state index in [0.29, 0.717) is 24.0 Å². The summed E-state index contributed by atoms with van der Waals surface area (Å²) in [5.41, 5.74) is -0.0615. The first-order chi connectivity index (χ1) is 19.2. The first-order valence-electron chi connectivity index (χ1n) is 13.7. The lowest BCUT2D eigenvalue weighted by Gasteiger charge is -2.39. The molecule has 0 spiro atoms. The van der Waals surface area contributed by atoms with Gasteiger partial charge < -0.3 is 9.47 Å². The molecule has 0 radical (unpaired) electrons. The van der Waals surface area contributed by atoms with Gasteiger partial charge in [0.25, 0.3) is 12.1 Å². The molecule has 0 aliphatic carbocycles. The Balaban J connectivity index is 1.88. The van der Waals surface area contributed by atoms with Gasteiger partial charge in [0.2, 0.25) is 0 Å². The molecule has 0 heterocycles. The molecule has 0 atom stereocenters. The molecule has 4 nitrogen and oxygen atoms in total. The van der Waals surface area contributed by atoms with Crippen LogP contribution in [0.2, 0.25) is 0 Å². The average molecular weight is 521 g/mol. The Kier molecular flexibility index (Phi) is 9.69. The van der Waals surface area contributed by atoms with E-state index in [9.17, 15) is 9.59 Å². The minimum atomic E-state index is -1.78. The predicted molar refractivity (Wildman–Crippen MR) is 154 cm³/mol. The highest BCUT2D eigenvalue weighted by molar-refractivity contribution is 5.87. The van der Waals surface area contributed by atoms with Crippen LogP contribution >= 0.6 is 0 Å². The Bertz CT molecular complexity index is 1210. The molecule has 0 amide bonds. The monoisotopic (exact) mass is 520 g/mol. The zero-order valence-electron chi connectivity index (χ0n) is 22.5. The van der Waals surface area contributed by atoms with Gasteiger partial charge in [-0.05, 0) is 12.8 Å². The van der Waals surface area contributed by atoms with Crippen molar-refractivity contribution in [2.45, 2.75) is 56.7 Å². The summed E-state index contributed by atoms with van der Waals surface area (Å²) in [7, 11) is 0. The summed E-state index contributed by atoms with van der Waals surface area (Å²) in [6, 6.07) is 37.9. The SMILES string of the molecule is CCCCCCCC(OC(=O)C(OC=O)(c1ccccc1)c1ccccc1)(c1ccccc1)c1ccccc1. The number of rotatable bonds is 14. The standard InChI is InChI=1S/C35H36O4/c1-2-3-4-5-18-27-34(29-19-10-6-11-20-29,30-21-12-7-13-22-30)39-33(37)35(38-28-36,31-23-14-8-15-24-31)32-25-16-9-17-26-32/h6-17,19-26,28H,2-5,18,27H2,1H3. The number of hydrogen-bond acceptors (Lipinski definition) is 4. The lowest BCUT2D eigenvalue weighted by molar-refractivity contribution is -0.184. The second kappa shape index (κ2) is 13.6. The van der Waals surface area contributed by atoms with E-state index in [2.05, 4.69) is 6.92 Å². The van der Waals surface area contributed by atoms with Crippen molar-refractivity contribution < 1.29 is 19.1 Å². The Morgan fingerprint density at radius 2 is 1.03 bits per heavy atom. The van der Waals surface area contributed by atoms with Crippen molar-refractivity contribution in [3.63, 3.8) is 0 Å². The third kappa shape index (κ3) is 6.12. The molecule has 0 N–H and O–H groups in total. The predicted octanol–water partition coefficient (Wildman–Crippen LogP) is 7.95. The van der Waals surface area contributed by atoms with Crippen LogP contribution in [0.15, 0.2) is 121 Å². The fourth-order valence-corrected chi connectivity index (χ4v) is 5.25. The molecule has 0 saturated carbocycles. The van der Waals surface area contributed by atoms with E-state index < -0.39 is 17.2 Å². The van der Waals surface area contributed by atoms with E-state index in [-0.39, 0.29) is 0 Å². The van der Waals surface area contributed by atoms with E-state index in [1.807, 2.05) is 97.1 Å². The van der Waals surface area contributed by atoms with Crippen LogP contribution in [0.1, 0.15) is 67.7 Å². The molecule has 0 saturated heterocycles. The van der Waals surface area contributed by atoms with Gasteiger partial charge >= 0.3 is 5.97 Å². The third-order valence-corrected chi connectivity index (χ3v) is 7.25. The van der Waals surface area contributed by atoms with E-state index in [1.165, 1.54) is 6.42 Å². The van der Waals surface area contributed by atoms with Crippen LogP contribution in [0, 0.1) is 0 Å². The summed E-state index contributed by atoms with van der Waals surface area (Å²) in [5.74, 6) is -0.645. The van der Waals surface area contributed by atoms with Gasteiger partial charge in [0.15, 0.2) is 5.60 Å². The van der Waals surface area contributed by atoms with Crippen molar-refractivity contribution in [1.82, 2.24) is 0 Å². The van der Waals surface area contributed by atoms with Crippen LogP contribution in [0.25, 0.3) is 0 Å². The summed E-state index contributed by atoms with van der Waals surface area (Å²) in [6.07, 6.45) is 5.93. The average Bonchev–Trinajstić information content (AvgIpc) is 3.01. The zero-order chi connectivity index (χ0) is 27.4. The minimum Gasteiger partial charge on any atom is -0.446 e. The lowest BCUT2D eigenvalue weighted by Crippen LogP contribution is -2.46. The maximum absolute atomic E-state index is 14.6. The number of carbonyl (C=O) groups excluding carboxylic acids is 2. The summed E-state index contributed by atoms with van der Waals surface area (Å²) < 4.78 is 12.5. The van der Waals surface area contributed by atoms with Crippen LogP contribution in [0.4, 0.5) is 0 Å². The molecular weight excluding hydrogens is 484 g/mol. The molecule has 0 aliphatic rings. The molecule has 0 unspecified atom stereocenters. The Labute approximate surface area is 231 Å². The number of benzene rings is 4. The number of carbonyl (C=O) groups is 2. The van der Waals surface area contributed by atoms with Crippen molar-refractivity contribution in [3.05, 3.63) is 144 Å². The minimum absolute atomic E-state index is 0.332. The van der Waals surface area contributed by atoms with Gasteiger partial charge in [0.05, 0.1) is 0 Å². The quantitative estimate of drug-likeness (QED) is 0.0962. The van der Waals surface area contributed by atoms with Gasteiger partial charge in [-0.25, -0.2) is 4.79 Å². The van der Waals surface area contributed by atoms with Crippen molar-refractivity contribution in [2.75, 3.05) is 0 Å². The van der Waals surface area contributed by atoms with E-state index >= 15 is 0 Å². The fraction of sp³-hybridized carbons (Fsp3) is 0.257. The largest absolute Gasteiger partial charge is 0.446 e. The van der Waals surface area contributed by atoms with Gasteiger partial charge in [-0.2, -0.15) is 0 Å². The van der Waals surface area contributed by atoms with Crippen LogP contribution in [0.3, 0.4) is 0 Å². The summed E-state index contributed by atoms with van der Waals surface area (Å²) in [4.78, 5) is 26.7. The molecule has 4 heteroatoms. The van der Waals surface area contributed by atoms with Crippen LogP contribution in [-0.4, -0.2) is 12.4 Å². The molecule has 0 bridgehead atoms. The maximum atomic E-state index is 14.6. The van der Waals surface area contributed by atoms with Crippen molar-refractivity contribution >= 4 is 12.4 Å². The van der Waals surface area contributed by atoms with Gasteiger partial charge in [-0.15, -0.1) is 0 Å². The molecule has 4 aromatic rings.